The van der Waals surface area contributed by atoms with Crippen LogP contribution in [0, 0.1) is 0 Å². The van der Waals surface area contributed by atoms with Gasteiger partial charge in [0.1, 0.15) is 6.20 Å². The van der Waals surface area contributed by atoms with Crippen LogP contribution in [0.15, 0.2) is 18.7 Å². The normalized spacial score (nSPS) is 12.9. The van der Waals surface area contributed by atoms with Crippen molar-refractivity contribution in [3.63, 3.8) is 0 Å². The van der Waals surface area contributed by atoms with Gasteiger partial charge in [-0.1, -0.05) is 11.7 Å². The van der Waals surface area contributed by atoms with Crippen LogP contribution < -0.4 is 9.40 Å². The van der Waals surface area contributed by atoms with Gasteiger partial charge in [-0.3, -0.25) is 0 Å². The molecule has 0 saturated carbocycles. The quantitative estimate of drug-likeness (QED) is 0.621. The van der Waals surface area contributed by atoms with Gasteiger partial charge in [0.2, 0.25) is 0 Å². The average molecular weight is 171 g/mol. The predicted octanol–water partition coefficient (Wildman–Crippen LogP) is -0.488. The number of hydrogen-bond donors (Lipinski definition) is 1. The highest BCUT2D eigenvalue weighted by Crippen LogP contribution is 1.92. The lowest BCUT2D eigenvalue weighted by Gasteiger charge is -2.08. The summed E-state index contributed by atoms with van der Waals surface area (Å²) in [6.45, 7) is 2.03. The maximum atomic E-state index is 8.85. The molecule has 0 fully saturated rings. The van der Waals surface area contributed by atoms with Crippen molar-refractivity contribution in [2.24, 2.45) is 7.05 Å². The van der Waals surface area contributed by atoms with Gasteiger partial charge in [0.05, 0.1) is 13.7 Å². The molecule has 0 aliphatic rings. The summed E-state index contributed by atoms with van der Waals surface area (Å²) >= 11 is 0. The van der Waals surface area contributed by atoms with Crippen molar-refractivity contribution in [2.75, 3.05) is 6.61 Å². The number of rotatable bonds is 4. The van der Waals surface area contributed by atoms with Crippen LogP contribution in [0.4, 0.5) is 0 Å². The van der Waals surface area contributed by atoms with E-state index >= 15 is 0 Å². The van der Waals surface area contributed by atoms with Crippen molar-refractivity contribution >= 4 is 0 Å². The molecule has 1 aromatic rings. The van der Waals surface area contributed by atoms with Gasteiger partial charge in [-0.05, 0) is 6.42 Å². The van der Waals surface area contributed by atoms with Crippen molar-refractivity contribution in [3.05, 3.63) is 18.7 Å². The van der Waals surface area contributed by atoms with Crippen LogP contribution in [0.3, 0.4) is 0 Å². The summed E-state index contributed by atoms with van der Waals surface area (Å²) in [5.74, 6) is 0. The van der Waals surface area contributed by atoms with Gasteiger partial charge < -0.3 is 9.94 Å². The third kappa shape index (κ3) is 2.23. The number of aliphatic hydroxyl groups is 1. The Hall–Kier alpha value is -1.03. The molecular formula is C8H15N2O2+. The summed E-state index contributed by atoms with van der Waals surface area (Å²) in [6, 6.07) is 0. The molecule has 4 heteroatoms. The van der Waals surface area contributed by atoms with Crippen LogP contribution in [0.5, 0.6) is 0 Å². The average Bonchev–Trinajstić information content (AvgIpc) is 2.47. The molecule has 1 rings (SSSR count). The van der Waals surface area contributed by atoms with Crippen molar-refractivity contribution in [3.8, 4) is 0 Å². The minimum Gasteiger partial charge on any atom is -0.392 e. The molecule has 0 aliphatic carbocycles. The number of aryl methyl sites for hydroxylation is 1. The summed E-state index contributed by atoms with van der Waals surface area (Å²) in [5, 5.41) is 8.85. The number of nitrogens with zero attached hydrogens (tertiary/aromatic N) is 2. The fourth-order valence-corrected chi connectivity index (χ4v) is 0.899. The van der Waals surface area contributed by atoms with Gasteiger partial charge in [-0.2, -0.15) is 0 Å². The molecule has 12 heavy (non-hydrogen) atoms. The highest BCUT2D eigenvalue weighted by molar-refractivity contribution is 4.62. The Labute approximate surface area is 72.0 Å². The van der Waals surface area contributed by atoms with Crippen molar-refractivity contribution in [1.82, 2.24) is 4.73 Å². The summed E-state index contributed by atoms with van der Waals surface area (Å²) in [6.07, 6.45) is 6.18. The minimum absolute atomic E-state index is 0.0540. The second-order valence-corrected chi connectivity index (χ2v) is 2.76. The van der Waals surface area contributed by atoms with Crippen molar-refractivity contribution in [1.29, 1.82) is 0 Å². The second kappa shape index (κ2) is 4.11. The fraction of sp³-hybridized carbons (Fsp3) is 0.625. The minimum atomic E-state index is -0.114. The smallest absolute Gasteiger partial charge is 0.284 e. The fourth-order valence-electron chi connectivity index (χ4n) is 0.899. The topological polar surface area (TPSA) is 38.3 Å². The maximum absolute atomic E-state index is 8.85. The zero-order chi connectivity index (χ0) is 8.97. The van der Waals surface area contributed by atoms with E-state index in [4.69, 9.17) is 9.94 Å². The monoisotopic (exact) mass is 171 g/mol. The van der Waals surface area contributed by atoms with E-state index in [0.29, 0.717) is 0 Å². The highest BCUT2D eigenvalue weighted by atomic mass is 16.7. The summed E-state index contributed by atoms with van der Waals surface area (Å²) in [7, 11) is 1.92. The number of aliphatic hydroxyl groups excluding tert-OH is 1. The maximum Gasteiger partial charge on any atom is 0.284 e. The van der Waals surface area contributed by atoms with Crippen LogP contribution in [0.1, 0.15) is 13.3 Å². The molecule has 0 aliphatic heterocycles. The van der Waals surface area contributed by atoms with Crippen LogP contribution in [-0.2, 0) is 7.05 Å². The first-order valence-electron chi connectivity index (χ1n) is 4.07. The lowest BCUT2D eigenvalue weighted by molar-refractivity contribution is -0.672. The third-order valence-corrected chi connectivity index (χ3v) is 1.67. The molecule has 0 aromatic carbocycles. The second-order valence-electron chi connectivity index (χ2n) is 2.76. The van der Waals surface area contributed by atoms with Crippen LogP contribution in [-0.4, -0.2) is 22.5 Å². The molecule has 68 valence electrons. The van der Waals surface area contributed by atoms with Crippen molar-refractivity contribution < 1.29 is 14.5 Å². The molecule has 1 atom stereocenters. The molecule has 0 bridgehead atoms. The Balaban J connectivity index is 2.50. The molecule has 0 amide bonds. The van der Waals surface area contributed by atoms with Crippen LogP contribution >= 0.6 is 0 Å². The molecule has 0 radical (unpaired) electrons. The van der Waals surface area contributed by atoms with Gasteiger partial charge in [0.25, 0.3) is 6.33 Å². The van der Waals surface area contributed by atoms with E-state index in [9.17, 15) is 0 Å². The number of aromatic nitrogens is 2. The van der Waals surface area contributed by atoms with E-state index in [-0.39, 0.29) is 12.7 Å². The Morgan fingerprint density at radius 2 is 2.42 bits per heavy atom. The van der Waals surface area contributed by atoms with E-state index in [1.54, 1.807) is 17.3 Å². The molecule has 0 saturated heterocycles. The van der Waals surface area contributed by atoms with E-state index in [1.807, 2.05) is 24.7 Å². The number of imidazole rings is 1. The van der Waals surface area contributed by atoms with E-state index in [2.05, 4.69) is 0 Å². The van der Waals surface area contributed by atoms with Crippen molar-refractivity contribution in [2.45, 2.75) is 19.4 Å². The first-order valence-corrected chi connectivity index (χ1v) is 4.07. The largest absolute Gasteiger partial charge is 0.392 e. The molecular weight excluding hydrogens is 156 g/mol. The van der Waals surface area contributed by atoms with E-state index in [1.165, 1.54) is 0 Å². The first-order chi connectivity index (χ1) is 5.76. The third-order valence-electron chi connectivity index (χ3n) is 1.67. The summed E-state index contributed by atoms with van der Waals surface area (Å²) < 4.78 is 3.48. The van der Waals surface area contributed by atoms with Gasteiger partial charge >= 0.3 is 0 Å². The van der Waals surface area contributed by atoms with E-state index < -0.39 is 0 Å². The summed E-state index contributed by atoms with van der Waals surface area (Å²) in [5.41, 5.74) is 0. The SMILES string of the molecule is CCC(CO)On1cc[n+](C)c1. The standard InChI is InChI=1S/C8H15N2O2/c1-3-8(6-11)12-10-5-4-9(2)7-10/h4-5,7-8,11H,3,6H2,1-2H3/q+1. The molecule has 1 aromatic heterocycles. The number of hydrogen-bond acceptors (Lipinski definition) is 2. The molecule has 4 nitrogen and oxygen atoms in total. The predicted molar refractivity (Wildman–Crippen MR) is 43.4 cm³/mol. The molecule has 0 spiro atoms. The Morgan fingerprint density at radius 1 is 1.67 bits per heavy atom. The molecule has 1 unspecified atom stereocenters. The Kier molecular flexibility index (Phi) is 3.10. The van der Waals surface area contributed by atoms with Crippen LogP contribution in [0.25, 0.3) is 0 Å². The van der Waals surface area contributed by atoms with Gasteiger partial charge in [-0.25, -0.2) is 4.57 Å². The van der Waals surface area contributed by atoms with Crippen LogP contribution in [0.2, 0.25) is 0 Å². The zero-order valence-electron chi connectivity index (χ0n) is 7.47. The van der Waals surface area contributed by atoms with Gasteiger partial charge in [0, 0.05) is 0 Å². The molecule has 1 N–H and O–H groups in total. The van der Waals surface area contributed by atoms with Gasteiger partial charge in [0.15, 0.2) is 12.3 Å². The summed E-state index contributed by atoms with van der Waals surface area (Å²) in [4.78, 5) is 5.38. The lowest BCUT2D eigenvalue weighted by atomic mass is 10.3. The Bertz CT molecular complexity index is 231. The molecule has 1 heterocycles. The zero-order valence-corrected chi connectivity index (χ0v) is 7.47. The highest BCUT2D eigenvalue weighted by Gasteiger charge is 2.09. The van der Waals surface area contributed by atoms with Gasteiger partial charge in [-0.15, -0.1) is 0 Å². The first kappa shape index (κ1) is 9.06. The Morgan fingerprint density at radius 3 is 2.83 bits per heavy atom. The lowest BCUT2D eigenvalue weighted by Crippen LogP contribution is -2.29. The van der Waals surface area contributed by atoms with E-state index in [0.717, 1.165) is 6.42 Å².